The fourth-order valence-corrected chi connectivity index (χ4v) is 12.6. The van der Waals surface area contributed by atoms with Crippen molar-refractivity contribution < 1.29 is 0 Å². The van der Waals surface area contributed by atoms with Crippen LogP contribution in [0.5, 0.6) is 0 Å². The van der Waals surface area contributed by atoms with Crippen molar-refractivity contribution in [3.63, 3.8) is 0 Å². The van der Waals surface area contributed by atoms with Crippen LogP contribution in [0, 0.1) is 0 Å². The fourth-order valence-electron chi connectivity index (χ4n) is 12.6. The van der Waals surface area contributed by atoms with Crippen LogP contribution >= 0.6 is 0 Å². The summed E-state index contributed by atoms with van der Waals surface area (Å²) in [4.78, 5) is 4.93. The molecule has 11 aromatic carbocycles. The van der Waals surface area contributed by atoms with Gasteiger partial charge in [-0.05, 0) is 156 Å². The van der Waals surface area contributed by atoms with Gasteiger partial charge in [0.15, 0.2) is 0 Å². The van der Waals surface area contributed by atoms with E-state index < -0.39 is 5.41 Å². The Morgan fingerprint density at radius 2 is 0.625 bits per heavy atom. The molecular formula is C70H50N2. The standard InChI is InChI=1S/C70H50N2/c1-69(2)62-32-18-15-29-55(62)58-41-39-53(43-65(58)69)71(50-23-9-4-10-24-50)54-40-42-59-56-30-16-19-33-63(56)70(66(59)44-54)64-34-20-17-31-57(64)61-45-60(49-37-35-48(36-38-49)47-21-7-3-8-22-47)68(46-67(61)70)72(51-25-11-5-12-26-51)52-27-13-6-14-28-52/h3-46H,1-2H3. The number of rotatable bonds is 8. The minimum atomic E-state index is -0.624. The normalized spacial score (nSPS) is 15.0. The summed E-state index contributed by atoms with van der Waals surface area (Å²) >= 11 is 0. The first kappa shape index (κ1) is 41.9. The van der Waals surface area contributed by atoms with Crippen LogP contribution in [-0.2, 0) is 10.8 Å². The van der Waals surface area contributed by atoms with Gasteiger partial charge in [0.25, 0.3) is 0 Å². The third kappa shape index (κ3) is 6.22. The molecule has 1 atom stereocenters. The van der Waals surface area contributed by atoms with Crippen LogP contribution in [-0.4, -0.2) is 0 Å². The van der Waals surface area contributed by atoms with Gasteiger partial charge < -0.3 is 9.80 Å². The summed E-state index contributed by atoms with van der Waals surface area (Å²) in [6.45, 7) is 4.74. The van der Waals surface area contributed by atoms with E-state index in [1.165, 1.54) is 83.5 Å². The van der Waals surface area contributed by atoms with E-state index in [0.717, 1.165) is 39.7 Å². The monoisotopic (exact) mass is 918 g/mol. The fraction of sp³-hybridized carbons (Fsp3) is 0.0571. The zero-order chi connectivity index (χ0) is 48.0. The third-order valence-electron chi connectivity index (χ3n) is 15.9. The molecule has 14 rings (SSSR count). The minimum Gasteiger partial charge on any atom is -0.310 e. The SMILES string of the molecule is CC1(C)c2ccccc2-c2ccc(N(c3ccccc3)c3ccc4c(c3)C3(c5ccccc5-4)c4ccccc4-c4cc(-c5ccc(-c6ccccc6)cc5)c(N(c5ccccc5)c5ccccc5)cc43)cc21. The predicted molar refractivity (Wildman–Crippen MR) is 301 cm³/mol. The van der Waals surface area contributed by atoms with Gasteiger partial charge in [0, 0.05) is 39.4 Å². The van der Waals surface area contributed by atoms with Crippen molar-refractivity contribution in [1.29, 1.82) is 0 Å². The Balaban J connectivity index is 1.03. The highest BCUT2D eigenvalue weighted by molar-refractivity contribution is 6.01. The van der Waals surface area contributed by atoms with Gasteiger partial charge in [-0.25, -0.2) is 0 Å². The van der Waals surface area contributed by atoms with Gasteiger partial charge in [-0.3, -0.25) is 0 Å². The molecule has 0 fully saturated rings. The summed E-state index contributed by atoms with van der Waals surface area (Å²) in [6, 6.07) is 99.2. The van der Waals surface area contributed by atoms with Crippen molar-refractivity contribution in [2.75, 3.05) is 9.80 Å². The number of fused-ring (bicyclic) bond motifs is 13. The van der Waals surface area contributed by atoms with Crippen molar-refractivity contribution >= 4 is 34.1 Å². The molecule has 0 heterocycles. The maximum atomic E-state index is 2.55. The maximum Gasteiger partial charge on any atom is 0.0727 e. The molecule has 3 aliphatic rings. The molecule has 11 aromatic rings. The van der Waals surface area contributed by atoms with Crippen LogP contribution in [0.4, 0.5) is 34.1 Å². The molecule has 0 radical (unpaired) electrons. The highest BCUT2D eigenvalue weighted by Gasteiger charge is 2.52. The largest absolute Gasteiger partial charge is 0.310 e. The van der Waals surface area contributed by atoms with E-state index in [4.69, 9.17) is 0 Å². The molecule has 0 aromatic heterocycles. The topological polar surface area (TPSA) is 6.48 Å². The molecule has 2 nitrogen and oxygen atoms in total. The second-order valence-corrected chi connectivity index (χ2v) is 20.0. The number of para-hydroxylation sites is 3. The summed E-state index contributed by atoms with van der Waals surface area (Å²) < 4.78 is 0. The van der Waals surface area contributed by atoms with E-state index in [0.29, 0.717) is 0 Å². The van der Waals surface area contributed by atoms with E-state index in [-0.39, 0.29) is 5.41 Å². The number of benzene rings is 11. The Bertz CT molecular complexity index is 3840. The quantitative estimate of drug-likeness (QED) is 0.150. The van der Waals surface area contributed by atoms with Crippen LogP contribution in [0.15, 0.2) is 267 Å². The molecular weight excluding hydrogens is 869 g/mol. The summed E-state index contributed by atoms with van der Waals surface area (Å²) in [6.07, 6.45) is 0. The third-order valence-corrected chi connectivity index (χ3v) is 15.9. The molecule has 0 saturated carbocycles. The molecule has 0 N–H and O–H groups in total. The molecule has 0 saturated heterocycles. The summed E-state index contributed by atoms with van der Waals surface area (Å²) in [5.41, 5.74) is 26.3. The van der Waals surface area contributed by atoms with Crippen molar-refractivity contribution in [3.05, 3.63) is 300 Å². The van der Waals surface area contributed by atoms with Gasteiger partial charge in [0.2, 0.25) is 0 Å². The highest BCUT2D eigenvalue weighted by atomic mass is 15.1. The minimum absolute atomic E-state index is 0.140. The van der Waals surface area contributed by atoms with E-state index in [1.54, 1.807) is 0 Å². The average Bonchev–Trinajstić information content (AvgIpc) is 3.99. The van der Waals surface area contributed by atoms with Gasteiger partial charge in [-0.15, -0.1) is 0 Å². The van der Waals surface area contributed by atoms with Gasteiger partial charge in [-0.2, -0.15) is 0 Å². The maximum absolute atomic E-state index is 2.55. The van der Waals surface area contributed by atoms with Crippen LogP contribution in [0.1, 0.15) is 47.2 Å². The zero-order valence-corrected chi connectivity index (χ0v) is 40.3. The highest BCUT2D eigenvalue weighted by Crippen LogP contribution is 2.65. The van der Waals surface area contributed by atoms with Gasteiger partial charge in [-0.1, -0.05) is 208 Å². The predicted octanol–water partition coefficient (Wildman–Crippen LogP) is 18.6. The van der Waals surface area contributed by atoms with Crippen LogP contribution in [0.25, 0.3) is 55.6 Å². The summed E-state index contributed by atoms with van der Waals surface area (Å²) in [5.74, 6) is 0. The Morgan fingerprint density at radius 3 is 1.19 bits per heavy atom. The Labute approximate surface area is 422 Å². The summed E-state index contributed by atoms with van der Waals surface area (Å²) in [5, 5.41) is 0. The number of hydrogen-bond donors (Lipinski definition) is 0. The van der Waals surface area contributed by atoms with E-state index in [2.05, 4.69) is 291 Å². The van der Waals surface area contributed by atoms with Crippen molar-refractivity contribution in [2.45, 2.75) is 24.7 Å². The molecule has 0 bridgehead atoms. The van der Waals surface area contributed by atoms with Crippen LogP contribution < -0.4 is 9.80 Å². The molecule has 3 aliphatic carbocycles. The average molecular weight is 919 g/mol. The second kappa shape index (κ2) is 16.3. The molecule has 340 valence electrons. The lowest BCUT2D eigenvalue weighted by Crippen LogP contribution is -2.26. The lowest BCUT2D eigenvalue weighted by Gasteiger charge is -2.34. The van der Waals surface area contributed by atoms with E-state index in [1.807, 2.05) is 0 Å². The second-order valence-electron chi connectivity index (χ2n) is 20.0. The molecule has 2 heteroatoms. The molecule has 1 unspecified atom stereocenters. The first-order valence-corrected chi connectivity index (χ1v) is 25.2. The molecule has 72 heavy (non-hydrogen) atoms. The van der Waals surface area contributed by atoms with E-state index in [9.17, 15) is 0 Å². The van der Waals surface area contributed by atoms with Gasteiger partial charge in [0.05, 0.1) is 11.1 Å². The van der Waals surface area contributed by atoms with E-state index >= 15 is 0 Å². The lowest BCUT2D eigenvalue weighted by atomic mass is 9.70. The first-order valence-electron chi connectivity index (χ1n) is 25.2. The number of anilines is 6. The summed E-state index contributed by atoms with van der Waals surface area (Å²) in [7, 11) is 0. The Hall–Kier alpha value is -8.98. The first-order chi connectivity index (χ1) is 35.5. The lowest BCUT2D eigenvalue weighted by molar-refractivity contribution is 0.660. The molecule has 1 spiro atoms. The Morgan fingerprint density at radius 1 is 0.236 bits per heavy atom. The van der Waals surface area contributed by atoms with Crippen molar-refractivity contribution in [1.82, 2.24) is 0 Å². The van der Waals surface area contributed by atoms with Crippen LogP contribution in [0.3, 0.4) is 0 Å². The number of hydrogen-bond acceptors (Lipinski definition) is 2. The zero-order valence-electron chi connectivity index (χ0n) is 40.3. The van der Waals surface area contributed by atoms with Crippen LogP contribution in [0.2, 0.25) is 0 Å². The Kier molecular flexibility index (Phi) is 9.50. The smallest absolute Gasteiger partial charge is 0.0727 e. The van der Waals surface area contributed by atoms with Crippen molar-refractivity contribution in [3.8, 4) is 55.6 Å². The van der Waals surface area contributed by atoms with Gasteiger partial charge >= 0.3 is 0 Å². The molecule has 0 aliphatic heterocycles. The number of nitrogens with zero attached hydrogens (tertiary/aromatic N) is 2. The van der Waals surface area contributed by atoms with Gasteiger partial charge in [0.1, 0.15) is 0 Å². The molecule has 0 amide bonds. The van der Waals surface area contributed by atoms with Crippen molar-refractivity contribution in [2.24, 2.45) is 0 Å².